The van der Waals surface area contributed by atoms with Crippen LogP contribution in [0.1, 0.15) is 45.1 Å². The lowest BCUT2D eigenvalue weighted by Crippen LogP contribution is -2.34. The first-order valence-electron chi connectivity index (χ1n) is 6.25. The van der Waals surface area contributed by atoms with E-state index in [0.29, 0.717) is 0 Å². The normalized spacial score (nSPS) is 16.8. The van der Waals surface area contributed by atoms with Crippen molar-refractivity contribution in [2.45, 2.75) is 44.9 Å². The minimum absolute atomic E-state index is 0.175. The van der Waals surface area contributed by atoms with Gasteiger partial charge < -0.3 is 5.32 Å². The van der Waals surface area contributed by atoms with Crippen LogP contribution in [0.3, 0.4) is 0 Å². The fraction of sp³-hybridized carbons (Fsp3) is 0.500. The van der Waals surface area contributed by atoms with Crippen LogP contribution in [0.5, 0.6) is 0 Å². The molecule has 1 heterocycles. The van der Waals surface area contributed by atoms with Gasteiger partial charge in [-0.3, -0.25) is 4.79 Å². The van der Waals surface area contributed by atoms with E-state index in [1.54, 1.807) is 0 Å². The third-order valence-corrected chi connectivity index (χ3v) is 4.03. The first kappa shape index (κ1) is 12.6. The van der Waals surface area contributed by atoms with Crippen molar-refractivity contribution in [3.63, 3.8) is 0 Å². The Morgan fingerprint density at radius 3 is 2.47 bits per heavy atom. The molecule has 0 aliphatic carbocycles. The Kier molecular flexibility index (Phi) is 3.57. The van der Waals surface area contributed by atoms with Gasteiger partial charge in [-0.2, -0.15) is 0 Å². The van der Waals surface area contributed by atoms with E-state index >= 15 is 0 Å². The molecule has 0 atom stereocenters. The van der Waals surface area contributed by atoms with Crippen molar-refractivity contribution >= 4 is 27.5 Å². The van der Waals surface area contributed by atoms with E-state index < -0.39 is 0 Å². The number of rotatable bonds is 4. The molecule has 1 aliphatic rings. The van der Waals surface area contributed by atoms with Crippen LogP contribution in [0, 0.1) is 0 Å². The van der Waals surface area contributed by atoms with Crippen LogP contribution in [-0.4, -0.2) is 5.91 Å². The van der Waals surface area contributed by atoms with E-state index in [1.165, 1.54) is 5.56 Å². The minimum Gasteiger partial charge on any atom is -0.325 e. The number of hydrogen-bond donors (Lipinski definition) is 1. The predicted molar refractivity (Wildman–Crippen MR) is 74.3 cm³/mol. The smallest absolute Gasteiger partial charge is 0.235 e. The maximum Gasteiger partial charge on any atom is 0.235 e. The summed E-state index contributed by atoms with van der Waals surface area (Å²) in [5.41, 5.74) is 1.85. The molecular weight excluding hydrogens is 278 g/mol. The lowest BCUT2D eigenvalue weighted by molar-refractivity contribution is -0.121. The zero-order valence-corrected chi connectivity index (χ0v) is 11.9. The number of hydrogen-bond acceptors (Lipinski definition) is 1. The van der Waals surface area contributed by atoms with E-state index in [2.05, 4.69) is 41.2 Å². The first-order valence-corrected chi connectivity index (χ1v) is 7.05. The maximum absolute atomic E-state index is 12.3. The molecule has 0 saturated carbocycles. The highest BCUT2D eigenvalue weighted by Crippen LogP contribution is 2.45. The van der Waals surface area contributed by atoms with Gasteiger partial charge in [-0.05, 0) is 36.6 Å². The number of carbonyl (C=O) groups excluding carboxylic acids is 1. The second kappa shape index (κ2) is 4.81. The SMILES string of the molecule is CCCC1(CCC)C(=O)Nc2ccc(Br)cc21. The molecule has 0 fully saturated rings. The molecule has 1 N–H and O–H groups in total. The lowest BCUT2D eigenvalue weighted by Gasteiger charge is -2.26. The van der Waals surface area contributed by atoms with Gasteiger partial charge in [0.1, 0.15) is 0 Å². The van der Waals surface area contributed by atoms with Gasteiger partial charge in [-0.15, -0.1) is 0 Å². The molecule has 3 heteroatoms. The highest BCUT2D eigenvalue weighted by molar-refractivity contribution is 9.10. The van der Waals surface area contributed by atoms with Crippen molar-refractivity contribution in [2.24, 2.45) is 0 Å². The second-order valence-electron chi connectivity index (χ2n) is 4.73. The van der Waals surface area contributed by atoms with Crippen molar-refractivity contribution in [3.05, 3.63) is 28.2 Å². The van der Waals surface area contributed by atoms with Crippen LogP contribution in [0.15, 0.2) is 22.7 Å². The Bertz CT molecular complexity index is 436. The standard InChI is InChI=1S/C14H18BrNO/c1-3-7-14(8-4-2)11-9-10(15)5-6-12(11)16-13(14)17/h5-6,9H,3-4,7-8H2,1-2H3,(H,16,17). The minimum atomic E-state index is -0.303. The van der Waals surface area contributed by atoms with E-state index in [1.807, 2.05) is 12.1 Å². The number of anilines is 1. The topological polar surface area (TPSA) is 29.1 Å². The third kappa shape index (κ3) is 2.01. The number of nitrogens with one attached hydrogen (secondary N) is 1. The molecule has 1 aromatic rings. The van der Waals surface area contributed by atoms with Gasteiger partial charge in [0.15, 0.2) is 0 Å². The number of benzene rings is 1. The van der Waals surface area contributed by atoms with Crippen LogP contribution in [0.4, 0.5) is 5.69 Å². The van der Waals surface area contributed by atoms with E-state index in [0.717, 1.165) is 35.8 Å². The summed E-state index contributed by atoms with van der Waals surface area (Å²) < 4.78 is 1.05. The number of carbonyl (C=O) groups is 1. The first-order chi connectivity index (χ1) is 8.14. The molecule has 0 spiro atoms. The number of fused-ring (bicyclic) bond motifs is 1. The van der Waals surface area contributed by atoms with Gasteiger partial charge >= 0.3 is 0 Å². The zero-order valence-electron chi connectivity index (χ0n) is 10.3. The average Bonchev–Trinajstić information content (AvgIpc) is 2.54. The quantitative estimate of drug-likeness (QED) is 0.884. The highest BCUT2D eigenvalue weighted by Gasteiger charge is 2.45. The fourth-order valence-corrected chi connectivity index (χ4v) is 3.22. The van der Waals surface area contributed by atoms with Crippen molar-refractivity contribution in [2.75, 3.05) is 5.32 Å². The molecule has 1 aromatic carbocycles. The number of halogens is 1. The van der Waals surface area contributed by atoms with Crippen LogP contribution in [-0.2, 0) is 10.2 Å². The van der Waals surface area contributed by atoms with Crippen LogP contribution < -0.4 is 5.32 Å². The maximum atomic E-state index is 12.3. The molecule has 17 heavy (non-hydrogen) atoms. The van der Waals surface area contributed by atoms with E-state index in [9.17, 15) is 4.79 Å². The van der Waals surface area contributed by atoms with Gasteiger partial charge in [-0.25, -0.2) is 0 Å². The van der Waals surface area contributed by atoms with Crippen molar-refractivity contribution < 1.29 is 4.79 Å². The molecule has 92 valence electrons. The van der Waals surface area contributed by atoms with Gasteiger partial charge in [0.2, 0.25) is 5.91 Å². The molecule has 2 nitrogen and oxygen atoms in total. The zero-order chi connectivity index (χ0) is 12.5. The second-order valence-corrected chi connectivity index (χ2v) is 5.64. The summed E-state index contributed by atoms with van der Waals surface area (Å²) in [5, 5.41) is 3.03. The molecule has 0 radical (unpaired) electrons. The lowest BCUT2D eigenvalue weighted by atomic mass is 9.74. The fourth-order valence-electron chi connectivity index (χ4n) is 2.86. The molecule has 0 unspecified atom stereocenters. The summed E-state index contributed by atoms with van der Waals surface area (Å²) in [5.74, 6) is 0.175. The summed E-state index contributed by atoms with van der Waals surface area (Å²) in [7, 11) is 0. The monoisotopic (exact) mass is 295 g/mol. The Hall–Kier alpha value is -0.830. The van der Waals surface area contributed by atoms with E-state index in [4.69, 9.17) is 0 Å². The molecule has 2 rings (SSSR count). The average molecular weight is 296 g/mol. The Balaban J connectivity index is 2.52. The summed E-state index contributed by atoms with van der Waals surface area (Å²) >= 11 is 3.50. The van der Waals surface area contributed by atoms with Crippen LogP contribution in [0.2, 0.25) is 0 Å². The predicted octanol–water partition coefficient (Wildman–Crippen LogP) is 4.24. The van der Waals surface area contributed by atoms with Crippen molar-refractivity contribution in [1.29, 1.82) is 0 Å². The van der Waals surface area contributed by atoms with Crippen molar-refractivity contribution in [1.82, 2.24) is 0 Å². The largest absolute Gasteiger partial charge is 0.325 e. The van der Waals surface area contributed by atoms with Gasteiger partial charge in [-0.1, -0.05) is 42.6 Å². The third-order valence-electron chi connectivity index (χ3n) is 3.53. The molecule has 0 aromatic heterocycles. The molecule has 1 amide bonds. The van der Waals surface area contributed by atoms with Crippen LogP contribution >= 0.6 is 15.9 Å². The molecule has 0 bridgehead atoms. The molecule has 1 aliphatic heterocycles. The Morgan fingerprint density at radius 2 is 1.88 bits per heavy atom. The number of amides is 1. The van der Waals surface area contributed by atoms with E-state index in [-0.39, 0.29) is 11.3 Å². The Morgan fingerprint density at radius 1 is 1.24 bits per heavy atom. The van der Waals surface area contributed by atoms with Crippen molar-refractivity contribution in [3.8, 4) is 0 Å². The summed E-state index contributed by atoms with van der Waals surface area (Å²) in [6, 6.07) is 6.07. The molecule has 0 saturated heterocycles. The molecular formula is C14H18BrNO. The highest BCUT2D eigenvalue weighted by atomic mass is 79.9. The summed E-state index contributed by atoms with van der Waals surface area (Å²) in [4.78, 5) is 12.3. The summed E-state index contributed by atoms with van der Waals surface area (Å²) in [6.07, 6.45) is 3.91. The summed E-state index contributed by atoms with van der Waals surface area (Å²) in [6.45, 7) is 4.28. The van der Waals surface area contributed by atoms with Gasteiger partial charge in [0.05, 0.1) is 5.41 Å². The van der Waals surface area contributed by atoms with Crippen LogP contribution in [0.25, 0.3) is 0 Å². The Labute approximate surface area is 111 Å². The van der Waals surface area contributed by atoms with Gasteiger partial charge in [0.25, 0.3) is 0 Å². The van der Waals surface area contributed by atoms with Gasteiger partial charge in [0, 0.05) is 10.2 Å².